The van der Waals surface area contributed by atoms with E-state index in [1.807, 2.05) is 6.92 Å². The molecule has 1 aromatic carbocycles. The van der Waals surface area contributed by atoms with Crippen molar-refractivity contribution < 1.29 is 13.2 Å². The van der Waals surface area contributed by atoms with Crippen LogP contribution in [0.4, 0.5) is 0 Å². The number of rotatable bonds is 2. The highest BCUT2D eigenvalue weighted by molar-refractivity contribution is 7.89. The van der Waals surface area contributed by atoms with E-state index in [0.29, 0.717) is 6.54 Å². The minimum Gasteiger partial charge on any atom is -0.336 e. The van der Waals surface area contributed by atoms with Crippen LogP contribution in [0.1, 0.15) is 36.5 Å². The number of nitrogens with zero attached hydrogens (tertiary/aromatic N) is 1. The number of hydrogen-bond donors (Lipinski definition) is 1. The number of benzene rings is 1. The maximum absolute atomic E-state index is 12.6. The average Bonchev–Trinajstić information content (AvgIpc) is 2.39. The third kappa shape index (κ3) is 3.51. The van der Waals surface area contributed by atoms with Gasteiger partial charge in [0.15, 0.2) is 0 Å². The lowest BCUT2D eigenvalue weighted by molar-refractivity contribution is 0.0635. The first-order chi connectivity index (χ1) is 9.71. The number of piperidine rings is 1. The Morgan fingerprint density at radius 2 is 2.00 bits per heavy atom. The molecule has 1 saturated heterocycles. The molecule has 2 rings (SSSR count). The van der Waals surface area contributed by atoms with Gasteiger partial charge in [-0.1, -0.05) is 23.2 Å². The molecule has 0 radical (unpaired) electrons. The van der Waals surface area contributed by atoms with E-state index in [4.69, 9.17) is 28.3 Å². The topological polar surface area (TPSA) is 80.5 Å². The van der Waals surface area contributed by atoms with Crippen LogP contribution < -0.4 is 5.14 Å². The summed E-state index contributed by atoms with van der Waals surface area (Å²) < 4.78 is 23.1. The number of likely N-dealkylation sites (tertiary alicyclic amines) is 1. The van der Waals surface area contributed by atoms with E-state index >= 15 is 0 Å². The van der Waals surface area contributed by atoms with Gasteiger partial charge in [0.2, 0.25) is 10.0 Å². The van der Waals surface area contributed by atoms with Crippen LogP contribution in [0.15, 0.2) is 17.0 Å². The summed E-state index contributed by atoms with van der Waals surface area (Å²) in [6, 6.07) is 2.61. The summed E-state index contributed by atoms with van der Waals surface area (Å²) in [7, 11) is -4.04. The van der Waals surface area contributed by atoms with Gasteiger partial charge in [-0.15, -0.1) is 0 Å². The molecule has 1 fully saturated rings. The highest BCUT2D eigenvalue weighted by atomic mass is 35.5. The monoisotopic (exact) mass is 350 g/mol. The van der Waals surface area contributed by atoms with Crippen LogP contribution in [0.2, 0.25) is 10.0 Å². The van der Waals surface area contributed by atoms with E-state index in [-0.39, 0.29) is 32.5 Å². The van der Waals surface area contributed by atoms with Crippen molar-refractivity contribution >= 4 is 39.1 Å². The maximum Gasteiger partial charge on any atom is 0.255 e. The van der Waals surface area contributed by atoms with E-state index in [1.165, 1.54) is 6.07 Å². The number of halogens is 2. The van der Waals surface area contributed by atoms with Crippen LogP contribution >= 0.6 is 23.2 Å². The predicted octanol–water partition coefficient (Wildman–Crippen LogP) is 2.66. The molecule has 0 bridgehead atoms. The Balaban J connectivity index is 2.49. The first-order valence-electron chi connectivity index (χ1n) is 6.54. The lowest BCUT2D eigenvalue weighted by Gasteiger charge is -2.33. The standard InChI is InChI=1S/C13H16Cl2N2O3S/c1-8-4-2-3-5-17(8)13(18)10-6-9(14)7-11(12(10)15)21(16,19)20/h6-8H,2-5H2,1H3,(H2,16,19,20). The lowest BCUT2D eigenvalue weighted by Crippen LogP contribution is -2.42. The number of carbonyl (C=O) groups is 1. The zero-order valence-electron chi connectivity index (χ0n) is 11.5. The Labute approximate surface area is 134 Å². The van der Waals surface area contributed by atoms with Crippen molar-refractivity contribution in [1.82, 2.24) is 4.90 Å². The Hall–Kier alpha value is -0.820. The molecule has 1 aliphatic rings. The van der Waals surface area contributed by atoms with Gasteiger partial charge in [0.1, 0.15) is 4.90 Å². The molecule has 1 heterocycles. The van der Waals surface area contributed by atoms with Gasteiger partial charge in [0, 0.05) is 17.6 Å². The van der Waals surface area contributed by atoms with Gasteiger partial charge in [-0.25, -0.2) is 13.6 Å². The number of carbonyl (C=O) groups excluding carboxylic acids is 1. The summed E-state index contributed by atoms with van der Waals surface area (Å²) in [4.78, 5) is 14.0. The van der Waals surface area contributed by atoms with Gasteiger partial charge < -0.3 is 4.90 Å². The molecule has 2 N–H and O–H groups in total. The van der Waals surface area contributed by atoms with E-state index in [9.17, 15) is 13.2 Å². The van der Waals surface area contributed by atoms with Crippen molar-refractivity contribution in [2.45, 2.75) is 37.1 Å². The van der Waals surface area contributed by atoms with Crippen LogP contribution in [0, 0.1) is 0 Å². The molecular formula is C13H16Cl2N2O3S. The number of amides is 1. The summed E-state index contributed by atoms with van der Waals surface area (Å²) in [5.74, 6) is -0.320. The third-order valence-electron chi connectivity index (χ3n) is 3.60. The molecule has 5 nitrogen and oxygen atoms in total. The molecule has 116 valence electrons. The molecule has 21 heavy (non-hydrogen) atoms. The van der Waals surface area contributed by atoms with Crippen molar-refractivity contribution in [3.63, 3.8) is 0 Å². The fourth-order valence-electron chi connectivity index (χ4n) is 2.48. The van der Waals surface area contributed by atoms with Crippen LogP contribution in [0.5, 0.6) is 0 Å². The van der Waals surface area contributed by atoms with Gasteiger partial charge in [-0.2, -0.15) is 0 Å². The van der Waals surface area contributed by atoms with Crippen molar-refractivity contribution in [3.05, 3.63) is 27.7 Å². The average molecular weight is 351 g/mol. The molecule has 1 atom stereocenters. The third-order valence-corrected chi connectivity index (χ3v) is 5.28. The van der Waals surface area contributed by atoms with Crippen LogP contribution in [-0.2, 0) is 10.0 Å². The molecule has 1 aliphatic heterocycles. The maximum atomic E-state index is 12.6. The van der Waals surface area contributed by atoms with Gasteiger partial charge >= 0.3 is 0 Å². The SMILES string of the molecule is CC1CCCCN1C(=O)c1cc(Cl)cc(S(N)(=O)=O)c1Cl. The van der Waals surface area contributed by atoms with Crippen molar-refractivity contribution in [2.24, 2.45) is 5.14 Å². The summed E-state index contributed by atoms with van der Waals surface area (Å²) in [5, 5.41) is 5.04. The second-order valence-corrected chi connectivity index (χ2v) is 7.50. The van der Waals surface area contributed by atoms with Gasteiger partial charge in [0.05, 0.1) is 10.6 Å². The lowest BCUT2D eigenvalue weighted by atomic mass is 10.0. The second-order valence-electron chi connectivity index (χ2n) is 5.15. The molecule has 0 saturated carbocycles. The van der Waals surface area contributed by atoms with Gasteiger partial charge in [-0.3, -0.25) is 4.79 Å². The fourth-order valence-corrected chi connectivity index (χ4v) is 3.93. The number of primary sulfonamides is 1. The summed E-state index contributed by atoms with van der Waals surface area (Å²) in [6.07, 6.45) is 2.89. The van der Waals surface area contributed by atoms with E-state index in [2.05, 4.69) is 0 Å². The summed E-state index contributed by atoms with van der Waals surface area (Å²) in [5.41, 5.74) is 0.0712. The van der Waals surface area contributed by atoms with Gasteiger partial charge in [-0.05, 0) is 38.3 Å². The quantitative estimate of drug-likeness (QED) is 0.889. The van der Waals surface area contributed by atoms with Crippen molar-refractivity contribution in [3.8, 4) is 0 Å². The first kappa shape index (κ1) is 16.5. The van der Waals surface area contributed by atoms with Crippen molar-refractivity contribution in [1.29, 1.82) is 0 Å². The molecule has 8 heteroatoms. The summed E-state index contributed by atoms with van der Waals surface area (Å²) >= 11 is 12.0. The Bertz CT molecular complexity index is 676. The minimum atomic E-state index is -4.04. The Morgan fingerprint density at radius 1 is 1.33 bits per heavy atom. The molecule has 1 aromatic rings. The van der Waals surface area contributed by atoms with Crippen LogP contribution in [-0.4, -0.2) is 31.8 Å². The fraction of sp³-hybridized carbons (Fsp3) is 0.462. The van der Waals surface area contributed by atoms with E-state index in [0.717, 1.165) is 25.3 Å². The van der Waals surface area contributed by atoms with Crippen LogP contribution in [0.25, 0.3) is 0 Å². The summed E-state index contributed by atoms with van der Waals surface area (Å²) in [6.45, 7) is 2.57. The number of hydrogen-bond acceptors (Lipinski definition) is 3. The molecule has 1 amide bonds. The normalized spacial score (nSPS) is 19.6. The smallest absolute Gasteiger partial charge is 0.255 e. The highest BCUT2D eigenvalue weighted by Crippen LogP contribution is 2.31. The molecule has 0 spiro atoms. The molecular weight excluding hydrogens is 335 g/mol. The predicted molar refractivity (Wildman–Crippen MR) is 82.2 cm³/mol. The Kier molecular flexibility index (Phi) is 4.82. The van der Waals surface area contributed by atoms with Crippen molar-refractivity contribution in [2.75, 3.05) is 6.54 Å². The highest BCUT2D eigenvalue weighted by Gasteiger charge is 2.28. The number of nitrogens with two attached hydrogens (primary N) is 1. The second kappa shape index (κ2) is 6.12. The minimum absolute atomic E-state index is 0.0712. The molecule has 1 unspecified atom stereocenters. The molecule has 0 aliphatic carbocycles. The number of sulfonamides is 1. The van der Waals surface area contributed by atoms with E-state index < -0.39 is 10.0 Å². The zero-order valence-corrected chi connectivity index (χ0v) is 13.8. The van der Waals surface area contributed by atoms with E-state index in [1.54, 1.807) is 4.90 Å². The van der Waals surface area contributed by atoms with Crippen LogP contribution in [0.3, 0.4) is 0 Å². The molecule has 0 aromatic heterocycles. The Morgan fingerprint density at radius 3 is 2.57 bits per heavy atom. The van der Waals surface area contributed by atoms with Gasteiger partial charge in [0.25, 0.3) is 5.91 Å². The zero-order chi connectivity index (χ0) is 15.8. The largest absolute Gasteiger partial charge is 0.336 e. The first-order valence-corrected chi connectivity index (χ1v) is 8.85.